The van der Waals surface area contributed by atoms with Crippen LogP contribution in [0.15, 0.2) is 28.7 Å². The second kappa shape index (κ2) is 6.91. The van der Waals surface area contributed by atoms with Crippen LogP contribution in [-0.4, -0.2) is 26.8 Å². The normalized spacial score (nSPS) is 11.7. The highest BCUT2D eigenvalue weighted by Gasteiger charge is 2.18. The Bertz CT molecular complexity index is 767. The zero-order valence-corrected chi connectivity index (χ0v) is 13.1. The molecule has 2 rings (SSSR count). The number of sulfonamides is 1. The van der Waals surface area contributed by atoms with Crippen molar-refractivity contribution in [1.82, 2.24) is 4.72 Å². The summed E-state index contributed by atoms with van der Waals surface area (Å²) in [6.45, 7) is 1.17. The average molecular weight is 327 g/mol. The van der Waals surface area contributed by atoms with Crippen molar-refractivity contribution in [2.24, 2.45) is 0 Å². The maximum atomic E-state index is 12.0. The van der Waals surface area contributed by atoms with Crippen molar-refractivity contribution in [3.63, 3.8) is 0 Å². The Kier molecular flexibility index (Phi) is 5.18. The van der Waals surface area contributed by atoms with Crippen molar-refractivity contribution in [3.05, 3.63) is 35.6 Å². The van der Waals surface area contributed by atoms with Gasteiger partial charge in [-0.1, -0.05) is 18.2 Å². The number of hydrogen-bond acceptors (Lipinski definition) is 4. The molecule has 0 aliphatic carbocycles. The van der Waals surface area contributed by atoms with Gasteiger partial charge >= 0.3 is 0 Å². The molecule has 0 saturated carbocycles. The molecule has 0 unspecified atom stereocenters. The highest BCUT2D eigenvalue weighted by Crippen LogP contribution is 2.25. The molecular weight excluding hydrogens is 309 g/mol. The number of carbonyl (C=O) groups excluding carboxylic acids is 1. The summed E-state index contributed by atoms with van der Waals surface area (Å²) in [5.41, 5.74) is 1.33. The fourth-order valence-corrected chi connectivity index (χ4v) is 3.35. The number of furan rings is 1. The van der Waals surface area contributed by atoms with Gasteiger partial charge in [0.05, 0.1) is 18.8 Å². The van der Waals surface area contributed by atoms with Crippen LogP contribution in [0.3, 0.4) is 0 Å². The van der Waals surface area contributed by atoms with Crippen molar-refractivity contribution in [3.8, 4) is 0 Å². The van der Waals surface area contributed by atoms with Crippen LogP contribution in [0.2, 0.25) is 0 Å². The first-order valence-electron chi connectivity index (χ1n) is 6.99. The topological polar surface area (TPSA) is 76.4 Å². The molecule has 0 aliphatic rings. The summed E-state index contributed by atoms with van der Waals surface area (Å²) in [6, 6.07) is 7.26. The molecule has 0 bridgehead atoms. The number of rotatable bonds is 7. The predicted molar refractivity (Wildman–Crippen MR) is 81.8 cm³/mol. The summed E-state index contributed by atoms with van der Waals surface area (Å²) in [4.78, 5) is 11.9. The van der Waals surface area contributed by atoms with E-state index in [0.717, 1.165) is 5.39 Å². The fraction of sp³-hybridized carbons (Fsp3) is 0.400. The molecule has 1 amide bonds. The number of nitrogens with one attached hydrogen (secondary N) is 1. The van der Waals surface area contributed by atoms with Gasteiger partial charge < -0.3 is 4.42 Å². The summed E-state index contributed by atoms with van der Waals surface area (Å²) >= 11 is 0. The first-order valence-corrected chi connectivity index (χ1v) is 8.64. The SMILES string of the molecule is Cc1oc2ccccc2c1CC(=O)NS(=O)(=O)CCCCF. The van der Waals surface area contributed by atoms with Crippen molar-refractivity contribution in [1.29, 1.82) is 0 Å². The molecule has 0 fully saturated rings. The number of para-hydroxylation sites is 1. The van der Waals surface area contributed by atoms with Crippen LogP contribution in [0.4, 0.5) is 4.39 Å². The largest absolute Gasteiger partial charge is 0.461 e. The lowest BCUT2D eigenvalue weighted by molar-refractivity contribution is -0.118. The molecule has 0 saturated heterocycles. The van der Waals surface area contributed by atoms with Crippen LogP contribution in [0.25, 0.3) is 11.0 Å². The molecule has 1 aromatic heterocycles. The second-order valence-electron chi connectivity index (χ2n) is 5.05. The van der Waals surface area contributed by atoms with E-state index in [1.165, 1.54) is 0 Å². The van der Waals surface area contributed by atoms with E-state index in [-0.39, 0.29) is 25.0 Å². The lowest BCUT2D eigenvalue weighted by atomic mass is 10.1. The van der Waals surface area contributed by atoms with Crippen LogP contribution in [0.1, 0.15) is 24.2 Å². The predicted octanol–water partition coefficient (Wildman–Crippen LogP) is 2.48. The van der Waals surface area contributed by atoms with Gasteiger partial charge in [-0.25, -0.2) is 8.42 Å². The van der Waals surface area contributed by atoms with Crippen LogP contribution >= 0.6 is 0 Å². The Morgan fingerprint density at radius 3 is 2.73 bits per heavy atom. The van der Waals surface area contributed by atoms with Gasteiger partial charge in [0.2, 0.25) is 15.9 Å². The number of aryl methyl sites for hydroxylation is 1. The highest BCUT2D eigenvalue weighted by atomic mass is 32.2. The van der Waals surface area contributed by atoms with Gasteiger partial charge in [-0.3, -0.25) is 13.9 Å². The molecular formula is C15H18FNO4S. The summed E-state index contributed by atoms with van der Waals surface area (Å²) < 4.78 is 43.0. The molecule has 0 radical (unpaired) electrons. The summed E-state index contributed by atoms with van der Waals surface area (Å²) in [5.74, 6) is -0.283. The Hall–Kier alpha value is -1.89. The molecule has 22 heavy (non-hydrogen) atoms. The Balaban J connectivity index is 2.06. The molecule has 5 nitrogen and oxygen atoms in total. The standard InChI is InChI=1S/C15H18FNO4S/c1-11-13(12-6-2-3-7-14(12)21-11)10-15(18)17-22(19,20)9-5-4-8-16/h2-3,6-7H,4-5,8-10H2,1H3,(H,17,18). The van der Waals surface area contributed by atoms with E-state index in [2.05, 4.69) is 0 Å². The van der Waals surface area contributed by atoms with Crippen LogP contribution in [-0.2, 0) is 21.2 Å². The van der Waals surface area contributed by atoms with Crippen molar-refractivity contribution in [2.75, 3.05) is 12.4 Å². The Morgan fingerprint density at radius 2 is 2.00 bits per heavy atom. The first kappa shape index (κ1) is 16.5. The van der Waals surface area contributed by atoms with Crippen molar-refractivity contribution >= 4 is 26.9 Å². The smallest absolute Gasteiger partial charge is 0.238 e. The van der Waals surface area contributed by atoms with Gasteiger partial charge in [-0.2, -0.15) is 0 Å². The fourth-order valence-electron chi connectivity index (χ4n) is 2.25. The number of halogens is 1. The van der Waals surface area contributed by atoms with Gasteiger partial charge in [-0.15, -0.1) is 0 Å². The molecule has 1 heterocycles. The van der Waals surface area contributed by atoms with Crippen molar-refractivity contribution in [2.45, 2.75) is 26.2 Å². The third kappa shape index (κ3) is 4.07. The Labute approximate surface area is 128 Å². The van der Waals surface area contributed by atoms with Gasteiger partial charge in [0, 0.05) is 10.9 Å². The average Bonchev–Trinajstić information content (AvgIpc) is 2.75. The number of alkyl halides is 1. The van der Waals surface area contributed by atoms with Crippen LogP contribution < -0.4 is 4.72 Å². The van der Waals surface area contributed by atoms with E-state index in [9.17, 15) is 17.6 Å². The second-order valence-corrected chi connectivity index (χ2v) is 6.89. The first-order chi connectivity index (χ1) is 10.4. The molecule has 0 spiro atoms. The minimum absolute atomic E-state index is 0.0782. The number of unbranched alkanes of at least 4 members (excludes halogenated alkanes) is 1. The number of benzene rings is 1. The Morgan fingerprint density at radius 1 is 1.27 bits per heavy atom. The maximum Gasteiger partial charge on any atom is 0.238 e. The summed E-state index contributed by atoms with van der Waals surface area (Å²) in [6.07, 6.45) is 0.276. The number of hydrogen-bond donors (Lipinski definition) is 1. The quantitative estimate of drug-likeness (QED) is 0.793. The molecule has 7 heteroatoms. The van der Waals surface area contributed by atoms with Crippen LogP contribution in [0.5, 0.6) is 0 Å². The van der Waals surface area contributed by atoms with E-state index in [0.29, 0.717) is 16.9 Å². The van der Waals surface area contributed by atoms with Gasteiger partial charge in [-0.05, 0) is 25.8 Å². The monoisotopic (exact) mass is 327 g/mol. The van der Waals surface area contributed by atoms with Gasteiger partial charge in [0.1, 0.15) is 11.3 Å². The lowest BCUT2D eigenvalue weighted by Gasteiger charge is -2.06. The third-order valence-corrected chi connectivity index (χ3v) is 4.67. The van der Waals surface area contributed by atoms with Crippen LogP contribution in [0, 0.1) is 6.92 Å². The number of amides is 1. The zero-order chi connectivity index (χ0) is 16.2. The van der Waals surface area contributed by atoms with Crippen molar-refractivity contribution < 1.29 is 22.0 Å². The maximum absolute atomic E-state index is 12.0. The zero-order valence-electron chi connectivity index (χ0n) is 12.3. The summed E-state index contributed by atoms with van der Waals surface area (Å²) in [7, 11) is -3.72. The van der Waals surface area contributed by atoms with E-state index in [1.807, 2.05) is 22.9 Å². The highest BCUT2D eigenvalue weighted by molar-refractivity contribution is 7.90. The van der Waals surface area contributed by atoms with Gasteiger partial charge in [0.15, 0.2) is 0 Å². The molecule has 120 valence electrons. The van der Waals surface area contributed by atoms with E-state index < -0.39 is 22.6 Å². The number of fused-ring (bicyclic) bond motifs is 1. The molecule has 1 aromatic carbocycles. The third-order valence-electron chi connectivity index (χ3n) is 3.30. The molecule has 0 atom stereocenters. The van der Waals surface area contributed by atoms with E-state index in [1.54, 1.807) is 13.0 Å². The molecule has 2 aromatic rings. The molecule has 0 aliphatic heterocycles. The number of carbonyl (C=O) groups is 1. The molecule has 1 N–H and O–H groups in total. The summed E-state index contributed by atoms with van der Waals surface area (Å²) in [5, 5.41) is 0.796. The van der Waals surface area contributed by atoms with Gasteiger partial charge in [0.25, 0.3) is 0 Å². The minimum atomic E-state index is -3.72. The minimum Gasteiger partial charge on any atom is -0.461 e. The van der Waals surface area contributed by atoms with E-state index in [4.69, 9.17) is 4.42 Å². The van der Waals surface area contributed by atoms with E-state index >= 15 is 0 Å². The lowest BCUT2D eigenvalue weighted by Crippen LogP contribution is -2.33.